The number of unbranched alkanes of at least 4 members (excludes halogenated alkanes) is 1. The number of aryl methyl sites for hydroxylation is 1. The van der Waals surface area contributed by atoms with E-state index in [9.17, 15) is 9.59 Å². The van der Waals surface area contributed by atoms with Crippen molar-refractivity contribution in [2.24, 2.45) is 5.73 Å². The van der Waals surface area contributed by atoms with Crippen LogP contribution in [0.25, 0.3) is 0 Å². The minimum absolute atomic E-state index is 0.0783. The van der Waals surface area contributed by atoms with Gasteiger partial charge in [0.1, 0.15) is 5.00 Å². The second kappa shape index (κ2) is 7.55. The van der Waals surface area contributed by atoms with Gasteiger partial charge < -0.3 is 11.1 Å². The third-order valence-corrected chi connectivity index (χ3v) is 4.80. The molecule has 1 aromatic heterocycles. The molecule has 0 aliphatic heterocycles. The molecule has 0 aliphatic rings. The number of carbonyl (C=O) groups excluding carboxylic acids is 2. The van der Waals surface area contributed by atoms with Crippen molar-refractivity contribution in [2.75, 3.05) is 11.1 Å². The van der Waals surface area contributed by atoms with Crippen LogP contribution in [0.5, 0.6) is 0 Å². The zero-order chi connectivity index (χ0) is 14.4. The second-order valence-corrected chi connectivity index (χ2v) is 7.02. The molecule has 0 spiro atoms. The van der Waals surface area contributed by atoms with Gasteiger partial charge in [-0.2, -0.15) is 0 Å². The van der Waals surface area contributed by atoms with Crippen LogP contribution in [0.2, 0.25) is 0 Å². The lowest BCUT2D eigenvalue weighted by Gasteiger charge is -2.11. The number of nitrogens with two attached hydrogens (primary N) is 1. The van der Waals surface area contributed by atoms with Crippen molar-refractivity contribution in [3.8, 4) is 0 Å². The molecule has 0 aromatic carbocycles. The number of anilines is 1. The summed E-state index contributed by atoms with van der Waals surface area (Å²) in [7, 11) is 0. The average molecular weight is 300 g/mol. The van der Waals surface area contributed by atoms with Crippen molar-refractivity contribution in [2.45, 2.75) is 38.9 Å². The maximum atomic E-state index is 12.0. The molecule has 1 atom stereocenters. The lowest BCUT2D eigenvalue weighted by atomic mass is 10.3. The molecule has 0 saturated carbocycles. The smallest absolute Gasteiger partial charge is 0.251 e. The minimum atomic E-state index is -0.508. The molecule has 6 heteroatoms. The highest BCUT2D eigenvalue weighted by atomic mass is 32.2. The monoisotopic (exact) mass is 300 g/mol. The number of carbonyl (C=O) groups is 2. The molecular weight excluding hydrogens is 280 g/mol. The number of amides is 2. The van der Waals surface area contributed by atoms with E-state index >= 15 is 0 Å². The van der Waals surface area contributed by atoms with Gasteiger partial charge in [-0.05, 0) is 32.1 Å². The number of thioether (sulfide) groups is 1. The maximum Gasteiger partial charge on any atom is 0.251 e. The highest BCUT2D eigenvalue weighted by molar-refractivity contribution is 8.00. The maximum absolute atomic E-state index is 12.0. The molecular formula is C13H20N2O2S2. The van der Waals surface area contributed by atoms with Crippen molar-refractivity contribution >= 4 is 39.9 Å². The topological polar surface area (TPSA) is 72.2 Å². The molecule has 0 aliphatic carbocycles. The van der Waals surface area contributed by atoms with Gasteiger partial charge in [-0.1, -0.05) is 13.3 Å². The molecule has 4 nitrogen and oxygen atoms in total. The van der Waals surface area contributed by atoms with E-state index in [4.69, 9.17) is 5.73 Å². The normalized spacial score (nSPS) is 12.2. The van der Waals surface area contributed by atoms with Crippen LogP contribution >= 0.6 is 23.1 Å². The summed E-state index contributed by atoms with van der Waals surface area (Å²) in [5.74, 6) is 0.383. The summed E-state index contributed by atoms with van der Waals surface area (Å²) in [6.07, 6.45) is 2.23. The van der Waals surface area contributed by atoms with Gasteiger partial charge in [0.25, 0.3) is 5.91 Å². The fourth-order valence-corrected chi connectivity index (χ4v) is 3.42. The van der Waals surface area contributed by atoms with Crippen LogP contribution in [0.4, 0.5) is 5.00 Å². The second-order valence-electron chi connectivity index (χ2n) is 4.32. The van der Waals surface area contributed by atoms with Crippen LogP contribution < -0.4 is 11.1 Å². The fourth-order valence-electron chi connectivity index (χ4n) is 1.48. The Balaban J connectivity index is 2.63. The van der Waals surface area contributed by atoms with Gasteiger partial charge in [0.05, 0.1) is 10.8 Å². The highest BCUT2D eigenvalue weighted by Crippen LogP contribution is 2.28. The predicted molar refractivity (Wildman–Crippen MR) is 83.0 cm³/mol. The van der Waals surface area contributed by atoms with Crippen molar-refractivity contribution < 1.29 is 9.59 Å². The summed E-state index contributed by atoms with van der Waals surface area (Å²) in [6.45, 7) is 5.88. The Bertz CT molecular complexity index is 457. The predicted octanol–water partition coefficient (Wildman–Crippen LogP) is 3.02. The van der Waals surface area contributed by atoms with Crippen molar-refractivity contribution in [1.29, 1.82) is 0 Å². The first-order valence-electron chi connectivity index (χ1n) is 6.28. The third-order valence-electron chi connectivity index (χ3n) is 2.59. The molecule has 1 rings (SSSR count). The largest absolute Gasteiger partial charge is 0.366 e. The Morgan fingerprint density at radius 2 is 2.21 bits per heavy atom. The molecule has 1 unspecified atom stereocenters. The van der Waals surface area contributed by atoms with Gasteiger partial charge in [0.15, 0.2) is 0 Å². The third kappa shape index (κ3) is 4.87. The Morgan fingerprint density at radius 3 is 2.79 bits per heavy atom. The van der Waals surface area contributed by atoms with Crippen LogP contribution in [0.1, 0.15) is 41.9 Å². The molecule has 0 radical (unpaired) electrons. The lowest BCUT2D eigenvalue weighted by molar-refractivity contribution is -0.115. The molecule has 2 amide bonds. The van der Waals surface area contributed by atoms with Gasteiger partial charge in [-0.3, -0.25) is 9.59 Å². The summed E-state index contributed by atoms with van der Waals surface area (Å²) in [6, 6.07) is 1.71. The first-order chi connectivity index (χ1) is 8.95. The fraction of sp³-hybridized carbons (Fsp3) is 0.538. The quantitative estimate of drug-likeness (QED) is 0.760. The molecule has 0 bridgehead atoms. The van der Waals surface area contributed by atoms with Crippen LogP contribution in [-0.4, -0.2) is 22.8 Å². The summed E-state index contributed by atoms with van der Waals surface area (Å²) in [5.41, 5.74) is 5.68. The van der Waals surface area contributed by atoms with E-state index < -0.39 is 5.91 Å². The lowest BCUT2D eigenvalue weighted by Crippen LogP contribution is -2.24. The highest BCUT2D eigenvalue weighted by Gasteiger charge is 2.18. The first kappa shape index (κ1) is 16.0. The van der Waals surface area contributed by atoms with Crippen LogP contribution in [-0.2, 0) is 4.79 Å². The van der Waals surface area contributed by atoms with E-state index in [-0.39, 0.29) is 11.2 Å². The van der Waals surface area contributed by atoms with E-state index in [0.717, 1.165) is 23.5 Å². The molecule has 3 N–H and O–H groups in total. The minimum Gasteiger partial charge on any atom is -0.366 e. The van der Waals surface area contributed by atoms with Crippen LogP contribution in [0.15, 0.2) is 6.07 Å². The van der Waals surface area contributed by atoms with Crippen molar-refractivity contribution in [3.05, 3.63) is 16.5 Å². The van der Waals surface area contributed by atoms with Crippen LogP contribution in [0, 0.1) is 6.92 Å². The zero-order valence-corrected chi connectivity index (χ0v) is 13.1. The SMILES string of the molecule is CCCCSC(C)C(=O)Nc1sc(C)cc1C(N)=O. The number of thiophene rings is 1. The number of primary amides is 1. The molecule has 0 saturated heterocycles. The number of nitrogens with one attached hydrogen (secondary N) is 1. The van der Waals surface area contributed by atoms with E-state index in [0.29, 0.717) is 10.6 Å². The number of rotatable bonds is 7. The molecule has 0 fully saturated rings. The van der Waals surface area contributed by atoms with Gasteiger partial charge in [0.2, 0.25) is 5.91 Å². The van der Waals surface area contributed by atoms with Crippen LogP contribution in [0.3, 0.4) is 0 Å². The standard InChI is InChI=1S/C13H20N2O2S2/c1-4-5-6-18-9(3)12(17)15-13-10(11(14)16)7-8(2)19-13/h7,9H,4-6H2,1-3H3,(H2,14,16)(H,15,17). The zero-order valence-electron chi connectivity index (χ0n) is 11.5. The van der Waals surface area contributed by atoms with Gasteiger partial charge in [-0.25, -0.2) is 0 Å². The number of hydrogen-bond acceptors (Lipinski definition) is 4. The number of hydrogen-bond donors (Lipinski definition) is 2. The van der Waals surface area contributed by atoms with E-state index in [1.165, 1.54) is 11.3 Å². The van der Waals surface area contributed by atoms with E-state index in [2.05, 4.69) is 12.2 Å². The summed E-state index contributed by atoms with van der Waals surface area (Å²) >= 11 is 3.00. The molecule has 106 valence electrons. The summed E-state index contributed by atoms with van der Waals surface area (Å²) < 4.78 is 0. The van der Waals surface area contributed by atoms with Gasteiger partial charge >= 0.3 is 0 Å². The Kier molecular flexibility index (Phi) is 6.37. The molecule has 1 aromatic rings. The van der Waals surface area contributed by atoms with Gasteiger partial charge in [-0.15, -0.1) is 23.1 Å². The van der Waals surface area contributed by atoms with E-state index in [1.807, 2.05) is 13.8 Å². The van der Waals surface area contributed by atoms with Gasteiger partial charge in [0, 0.05) is 4.88 Å². The Hall–Kier alpha value is -1.01. The summed E-state index contributed by atoms with van der Waals surface area (Å²) in [4.78, 5) is 24.2. The Labute approximate surface area is 122 Å². The van der Waals surface area contributed by atoms with E-state index in [1.54, 1.807) is 17.8 Å². The average Bonchev–Trinajstić information content (AvgIpc) is 2.70. The Morgan fingerprint density at radius 1 is 1.53 bits per heavy atom. The summed E-state index contributed by atoms with van der Waals surface area (Å²) in [5, 5.41) is 3.22. The van der Waals surface area contributed by atoms with Crippen molar-refractivity contribution in [3.63, 3.8) is 0 Å². The first-order valence-corrected chi connectivity index (χ1v) is 8.15. The molecule has 1 heterocycles. The van der Waals surface area contributed by atoms with Crippen molar-refractivity contribution in [1.82, 2.24) is 0 Å². The molecule has 19 heavy (non-hydrogen) atoms.